The zero-order chi connectivity index (χ0) is 15.8. The van der Waals surface area contributed by atoms with Gasteiger partial charge >= 0.3 is 5.69 Å². The van der Waals surface area contributed by atoms with Gasteiger partial charge in [0.1, 0.15) is 0 Å². The molecule has 0 aliphatic heterocycles. The SMILES string of the molecule is Cn1cc(S(=O)(=O)NC2CCC(N)CC2)c(=O)n(C)c1=O. The molecule has 0 amide bonds. The smallest absolute Gasteiger partial charge is 0.328 e. The van der Waals surface area contributed by atoms with E-state index >= 15 is 0 Å². The van der Waals surface area contributed by atoms with E-state index in [2.05, 4.69) is 4.72 Å². The fourth-order valence-electron chi connectivity index (χ4n) is 2.48. The van der Waals surface area contributed by atoms with Crippen molar-refractivity contribution >= 4 is 10.0 Å². The number of aryl methyl sites for hydroxylation is 1. The molecule has 0 aromatic carbocycles. The van der Waals surface area contributed by atoms with Gasteiger partial charge in [-0.25, -0.2) is 17.9 Å². The average Bonchev–Trinajstić information content (AvgIpc) is 2.42. The summed E-state index contributed by atoms with van der Waals surface area (Å²) in [7, 11) is -1.30. The third-order valence-corrected chi connectivity index (χ3v) is 5.30. The molecule has 0 unspecified atom stereocenters. The van der Waals surface area contributed by atoms with Crippen molar-refractivity contribution in [2.45, 2.75) is 42.7 Å². The van der Waals surface area contributed by atoms with E-state index in [0.29, 0.717) is 12.8 Å². The fraction of sp³-hybridized carbons (Fsp3) is 0.667. The van der Waals surface area contributed by atoms with Crippen LogP contribution in [-0.2, 0) is 24.1 Å². The topological polar surface area (TPSA) is 116 Å². The Balaban J connectivity index is 2.33. The van der Waals surface area contributed by atoms with E-state index in [9.17, 15) is 18.0 Å². The third-order valence-electron chi connectivity index (χ3n) is 3.80. The summed E-state index contributed by atoms with van der Waals surface area (Å²) in [6.45, 7) is 0. The van der Waals surface area contributed by atoms with Gasteiger partial charge in [0, 0.05) is 32.4 Å². The minimum absolute atomic E-state index is 0.108. The van der Waals surface area contributed by atoms with Crippen LogP contribution >= 0.6 is 0 Å². The van der Waals surface area contributed by atoms with Crippen LogP contribution < -0.4 is 21.7 Å². The van der Waals surface area contributed by atoms with Crippen LogP contribution in [0.1, 0.15) is 25.7 Å². The van der Waals surface area contributed by atoms with E-state index in [4.69, 9.17) is 5.73 Å². The Bertz CT molecular complexity index is 742. The van der Waals surface area contributed by atoms with E-state index in [0.717, 1.165) is 28.2 Å². The summed E-state index contributed by atoms with van der Waals surface area (Å²) in [5.41, 5.74) is 4.40. The van der Waals surface area contributed by atoms with Crippen molar-refractivity contribution in [2.75, 3.05) is 0 Å². The Kier molecular flexibility index (Phi) is 4.35. The maximum atomic E-state index is 12.3. The van der Waals surface area contributed by atoms with Gasteiger partial charge in [0.25, 0.3) is 5.56 Å². The second kappa shape index (κ2) is 5.74. The highest BCUT2D eigenvalue weighted by Gasteiger charge is 2.27. The molecule has 1 aromatic heterocycles. The maximum absolute atomic E-state index is 12.3. The van der Waals surface area contributed by atoms with Gasteiger partial charge in [0.2, 0.25) is 10.0 Å². The molecule has 1 aliphatic carbocycles. The van der Waals surface area contributed by atoms with Gasteiger partial charge in [0.15, 0.2) is 4.90 Å². The first-order chi connectivity index (χ1) is 9.72. The van der Waals surface area contributed by atoms with Crippen molar-refractivity contribution in [3.05, 3.63) is 27.0 Å². The minimum atomic E-state index is -3.95. The molecule has 1 saturated carbocycles. The highest BCUT2D eigenvalue weighted by Crippen LogP contribution is 2.18. The summed E-state index contributed by atoms with van der Waals surface area (Å²) in [5, 5.41) is 0. The Labute approximate surface area is 122 Å². The predicted octanol–water partition coefficient (Wildman–Crippen LogP) is -1.37. The summed E-state index contributed by atoms with van der Waals surface area (Å²) in [6, 6.07) is -0.118. The lowest BCUT2D eigenvalue weighted by Crippen LogP contribution is -2.45. The summed E-state index contributed by atoms with van der Waals surface area (Å²) in [6.07, 6.45) is 3.84. The largest absolute Gasteiger partial charge is 0.330 e. The number of hydrogen-bond donors (Lipinski definition) is 2. The second-order valence-electron chi connectivity index (χ2n) is 5.48. The van der Waals surface area contributed by atoms with Crippen LogP contribution in [0.4, 0.5) is 0 Å². The van der Waals surface area contributed by atoms with Crippen molar-refractivity contribution in [1.29, 1.82) is 0 Å². The number of sulfonamides is 1. The first-order valence-corrected chi connectivity index (χ1v) is 8.25. The quantitative estimate of drug-likeness (QED) is 0.714. The number of hydrogen-bond acceptors (Lipinski definition) is 5. The zero-order valence-electron chi connectivity index (χ0n) is 12.1. The van der Waals surface area contributed by atoms with Crippen molar-refractivity contribution < 1.29 is 8.42 Å². The van der Waals surface area contributed by atoms with Gasteiger partial charge in [-0.1, -0.05) is 0 Å². The molecule has 0 radical (unpaired) electrons. The lowest BCUT2D eigenvalue weighted by molar-refractivity contribution is 0.373. The van der Waals surface area contributed by atoms with Gasteiger partial charge in [-0.2, -0.15) is 0 Å². The van der Waals surface area contributed by atoms with Gasteiger partial charge < -0.3 is 10.3 Å². The van der Waals surface area contributed by atoms with E-state index in [1.54, 1.807) is 0 Å². The molecule has 0 spiro atoms. The Morgan fingerprint density at radius 3 is 2.33 bits per heavy atom. The molecule has 118 valence electrons. The molecule has 8 nitrogen and oxygen atoms in total. The van der Waals surface area contributed by atoms with Crippen LogP contribution in [0.25, 0.3) is 0 Å². The minimum Gasteiger partial charge on any atom is -0.328 e. The molecule has 0 atom stereocenters. The molecule has 0 bridgehead atoms. The number of nitrogens with one attached hydrogen (secondary N) is 1. The lowest BCUT2D eigenvalue weighted by Gasteiger charge is -2.26. The molecule has 0 saturated heterocycles. The van der Waals surface area contributed by atoms with Crippen LogP contribution in [0, 0.1) is 0 Å². The molecular weight excluding hydrogens is 296 g/mol. The number of aromatic nitrogens is 2. The molecule has 2 rings (SSSR count). The van der Waals surface area contributed by atoms with E-state index < -0.39 is 26.2 Å². The molecule has 1 aliphatic rings. The molecule has 1 aromatic rings. The van der Waals surface area contributed by atoms with Crippen LogP contribution in [0.15, 0.2) is 20.7 Å². The highest BCUT2D eigenvalue weighted by molar-refractivity contribution is 7.89. The van der Waals surface area contributed by atoms with Gasteiger partial charge in [-0.3, -0.25) is 9.36 Å². The third kappa shape index (κ3) is 3.25. The molecule has 1 fully saturated rings. The first kappa shape index (κ1) is 15.9. The maximum Gasteiger partial charge on any atom is 0.330 e. The van der Waals surface area contributed by atoms with Crippen molar-refractivity contribution in [3.8, 4) is 0 Å². The van der Waals surface area contributed by atoms with Gasteiger partial charge in [-0.15, -0.1) is 0 Å². The van der Waals surface area contributed by atoms with Gasteiger partial charge in [0.05, 0.1) is 0 Å². The van der Waals surface area contributed by atoms with E-state index in [1.807, 2.05) is 0 Å². The van der Waals surface area contributed by atoms with Crippen molar-refractivity contribution in [1.82, 2.24) is 13.9 Å². The molecule has 1 heterocycles. The normalized spacial score (nSPS) is 23.2. The Morgan fingerprint density at radius 2 is 1.76 bits per heavy atom. The van der Waals surface area contributed by atoms with Crippen LogP contribution in [0.2, 0.25) is 0 Å². The Hall–Kier alpha value is -1.45. The first-order valence-electron chi connectivity index (χ1n) is 6.77. The van der Waals surface area contributed by atoms with Crippen molar-refractivity contribution in [3.63, 3.8) is 0 Å². The zero-order valence-corrected chi connectivity index (χ0v) is 12.9. The molecule has 9 heteroatoms. The lowest BCUT2D eigenvalue weighted by atomic mass is 9.93. The van der Waals surface area contributed by atoms with Crippen LogP contribution in [-0.4, -0.2) is 29.6 Å². The summed E-state index contributed by atoms with van der Waals surface area (Å²) in [4.78, 5) is 23.2. The Morgan fingerprint density at radius 1 is 1.19 bits per heavy atom. The summed E-state index contributed by atoms with van der Waals surface area (Å²) >= 11 is 0. The predicted molar refractivity (Wildman–Crippen MR) is 77.5 cm³/mol. The summed E-state index contributed by atoms with van der Waals surface area (Å²) in [5.74, 6) is 0. The number of rotatable bonds is 3. The number of nitrogens with two attached hydrogens (primary N) is 1. The number of nitrogens with zero attached hydrogens (tertiary/aromatic N) is 2. The second-order valence-corrected chi connectivity index (χ2v) is 7.17. The highest BCUT2D eigenvalue weighted by atomic mass is 32.2. The van der Waals surface area contributed by atoms with Crippen LogP contribution in [0.3, 0.4) is 0 Å². The average molecular weight is 316 g/mol. The molecular formula is C12H20N4O4S. The summed E-state index contributed by atoms with van der Waals surface area (Å²) < 4.78 is 29.1. The molecule has 3 N–H and O–H groups in total. The van der Waals surface area contributed by atoms with E-state index in [1.165, 1.54) is 14.1 Å². The fourth-order valence-corrected chi connectivity index (χ4v) is 3.94. The monoisotopic (exact) mass is 316 g/mol. The van der Waals surface area contributed by atoms with E-state index in [-0.39, 0.29) is 12.1 Å². The van der Waals surface area contributed by atoms with Crippen molar-refractivity contribution in [2.24, 2.45) is 19.8 Å². The standard InChI is InChI=1S/C12H20N4O4S/c1-15-7-10(11(17)16(2)12(15)18)21(19,20)14-9-5-3-8(13)4-6-9/h7-9,14H,3-6,13H2,1-2H3. The molecule has 21 heavy (non-hydrogen) atoms. The van der Waals surface area contributed by atoms with Crippen LogP contribution in [0.5, 0.6) is 0 Å². The van der Waals surface area contributed by atoms with Gasteiger partial charge in [-0.05, 0) is 25.7 Å².